The molecule has 1 unspecified atom stereocenters. The molecular weight excluding hydrogens is 266 g/mol. The van der Waals surface area contributed by atoms with Gasteiger partial charge >= 0.3 is 0 Å². The fraction of sp³-hybridized carbons (Fsp3) is 0.688. The first-order valence-electron chi connectivity index (χ1n) is 7.98. The third-order valence-corrected chi connectivity index (χ3v) is 5.09. The monoisotopic (exact) mass is 289 g/mol. The third kappa shape index (κ3) is 2.15. The van der Waals surface area contributed by atoms with Crippen molar-refractivity contribution in [3.63, 3.8) is 0 Å². The highest BCUT2D eigenvalue weighted by Crippen LogP contribution is 2.49. The van der Waals surface area contributed by atoms with Crippen molar-refractivity contribution in [3.05, 3.63) is 23.4 Å². The number of nitrogens with one attached hydrogen (secondary N) is 1. The first-order valence-corrected chi connectivity index (χ1v) is 7.98. The van der Waals surface area contributed by atoms with Crippen molar-refractivity contribution < 1.29 is 9.47 Å². The van der Waals surface area contributed by atoms with Gasteiger partial charge in [-0.15, -0.1) is 0 Å². The van der Waals surface area contributed by atoms with Crippen LogP contribution >= 0.6 is 0 Å². The molecule has 1 aromatic heterocycles. The second kappa shape index (κ2) is 5.23. The van der Waals surface area contributed by atoms with E-state index in [0.29, 0.717) is 0 Å². The van der Waals surface area contributed by atoms with E-state index in [0.717, 1.165) is 51.6 Å². The van der Waals surface area contributed by atoms with Crippen molar-refractivity contribution in [2.75, 3.05) is 44.9 Å². The minimum atomic E-state index is -0.106. The molecule has 2 aliphatic heterocycles. The highest BCUT2D eigenvalue weighted by Gasteiger charge is 2.47. The van der Waals surface area contributed by atoms with Crippen LogP contribution in [0.3, 0.4) is 0 Å². The lowest BCUT2D eigenvalue weighted by Crippen LogP contribution is -2.46. The van der Waals surface area contributed by atoms with E-state index in [4.69, 9.17) is 14.5 Å². The van der Waals surface area contributed by atoms with Crippen LogP contribution in [0.4, 0.5) is 5.82 Å². The molecule has 3 heterocycles. The molecule has 1 spiro atoms. The normalized spacial score (nSPS) is 27.3. The Balaban J connectivity index is 1.72. The summed E-state index contributed by atoms with van der Waals surface area (Å²) < 4.78 is 11.6. The summed E-state index contributed by atoms with van der Waals surface area (Å²) in [5.41, 5.74) is 2.38. The molecule has 0 amide bonds. The molecule has 0 aromatic carbocycles. The van der Waals surface area contributed by atoms with Gasteiger partial charge in [0.1, 0.15) is 11.4 Å². The molecule has 114 valence electrons. The van der Waals surface area contributed by atoms with Crippen LogP contribution in [-0.2, 0) is 15.1 Å². The summed E-state index contributed by atoms with van der Waals surface area (Å²) >= 11 is 0. The summed E-state index contributed by atoms with van der Waals surface area (Å²) in [6, 6.07) is 4.67. The molecule has 3 aliphatic rings. The lowest BCUT2D eigenvalue weighted by molar-refractivity contribution is -0.127. The van der Waals surface area contributed by atoms with E-state index >= 15 is 0 Å². The van der Waals surface area contributed by atoms with Gasteiger partial charge in [0.2, 0.25) is 0 Å². The number of aromatic nitrogens is 1. The van der Waals surface area contributed by atoms with Crippen molar-refractivity contribution >= 4 is 5.82 Å². The van der Waals surface area contributed by atoms with Crippen LogP contribution in [0.2, 0.25) is 0 Å². The fourth-order valence-electron chi connectivity index (χ4n) is 3.59. The second-order valence-electron chi connectivity index (χ2n) is 6.21. The van der Waals surface area contributed by atoms with Gasteiger partial charge in [-0.2, -0.15) is 0 Å². The third-order valence-electron chi connectivity index (χ3n) is 5.09. The van der Waals surface area contributed by atoms with Gasteiger partial charge in [-0.05, 0) is 37.9 Å². The molecule has 0 radical (unpaired) electrons. The van der Waals surface area contributed by atoms with Gasteiger partial charge in [-0.25, -0.2) is 4.98 Å². The zero-order chi connectivity index (χ0) is 14.3. The zero-order valence-corrected chi connectivity index (χ0v) is 12.6. The Kier molecular flexibility index (Phi) is 3.36. The van der Waals surface area contributed by atoms with Crippen molar-refractivity contribution in [1.29, 1.82) is 0 Å². The van der Waals surface area contributed by atoms with Crippen LogP contribution in [0.15, 0.2) is 12.1 Å². The number of pyridine rings is 1. The van der Waals surface area contributed by atoms with Gasteiger partial charge in [0, 0.05) is 13.1 Å². The summed E-state index contributed by atoms with van der Waals surface area (Å²) in [5.74, 6) is 1.07. The van der Waals surface area contributed by atoms with Crippen molar-refractivity contribution in [3.8, 4) is 0 Å². The predicted octanol–water partition coefficient (Wildman–Crippen LogP) is 1.59. The van der Waals surface area contributed by atoms with Crippen molar-refractivity contribution in [2.24, 2.45) is 0 Å². The summed E-state index contributed by atoms with van der Waals surface area (Å²) in [5, 5.41) is 3.35. The van der Waals surface area contributed by atoms with E-state index < -0.39 is 0 Å². The van der Waals surface area contributed by atoms with E-state index in [-0.39, 0.29) is 11.6 Å². The molecule has 1 N–H and O–H groups in total. The second-order valence-corrected chi connectivity index (χ2v) is 6.21. The van der Waals surface area contributed by atoms with E-state index in [9.17, 15) is 0 Å². The maximum atomic E-state index is 6.21. The molecule has 5 nitrogen and oxygen atoms in total. The Morgan fingerprint density at radius 2 is 2.10 bits per heavy atom. The molecule has 5 heteroatoms. The summed E-state index contributed by atoms with van der Waals surface area (Å²) in [4.78, 5) is 7.33. The largest absolute Gasteiger partial charge is 0.378 e. The quantitative estimate of drug-likeness (QED) is 0.896. The molecule has 4 rings (SSSR count). The number of ether oxygens (including phenoxy) is 2. The number of fused-ring (bicyclic) bond motifs is 2. The standard InChI is InChI=1S/C16H23N3O2/c1-17-13-11-21-16(5-2-6-16)15-12(13)3-4-14(18-15)19-7-9-20-10-8-19/h3-4,13,17H,2,5-11H2,1H3. The number of morpholine rings is 1. The highest BCUT2D eigenvalue weighted by atomic mass is 16.5. The van der Waals surface area contributed by atoms with Gasteiger partial charge in [-0.1, -0.05) is 6.07 Å². The SMILES string of the molecule is CNC1COC2(CCC2)c2nc(N3CCOCC3)ccc21. The summed E-state index contributed by atoms with van der Waals surface area (Å²) in [6.45, 7) is 4.19. The van der Waals surface area contributed by atoms with Crippen LogP contribution < -0.4 is 10.2 Å². The van der Waals surface area contributed by atoms with Gasteiger partial charge in [-0.3, -0.25) is 0 Å². The van der Waals surface area contributed by atoms with Crippen molar-refractivity contribution in [1.82, 2.24) is 10.3 Å². The number of rotatable bonds is 2. The predicted molar refractivity (Wildman–Crippen MR) is 80.6 cm³/mol. The molecular formula is C16H23N3O2. The number of hydrogen-bond acceptors (Lipinski definition) is 5. The van der Waals surface area contributed by atoms with Crippen LogP contribution in [0.25, 0.3) is 0 Å². The first kappa shape index (κ1) is 13.5. The first-order chi connectivity index (χ1) is 10.3. The minimum absolute atomic E-state index is 0.106. The average Bonchev–Trinajstić information content (AvgIpc) is 2.52. The molecule has 1 atom stereocenters. The summed E-state index contributed by atoms with van der Waals surface area (Å²) in [6.07, 6.45) is 3.46. The van der Waals surface area contributed by atoms with Crippen molar-refractivity contribution in [2.45, 2.75) is 30.9 Å². The maximum absolute atomic E-state index is 6.21. The van der Waals surface area contributed by atoms with E-state index in [2.05, 4.69) is 22.3 Å². The van der Waals surface area contributed by atoms with E-state index in [1.807, 2.05) is 7.05 Å². The minimum Gasteiger partial charge on any atom is -0.378 e. The lowest BCUT2D eigenvalue weighted by atomic mass is 9.73. The number of likely N-dealkylation sites (N-methyl/N-ethyl adjacent to an activating group) is 1. The van der Waals surface area contributed by atoms with E-state index in [1.54, 1.807) is 0 Å². The van der Waals surface area contributed by atoms with Crippen LogP contribution in [0, 0.1) is 0 Å². The van der Waals surface area contributed by atoms with Crippen LogP contribution in [-0.4, -0.2) is 44.9 Å². The molecule has 21 heavy (non-hydrogen) atoms. The molecule has 1 aliphatic carbocycles. The number of nitrogens with zero attached hydrogens (tertiary/aromatic N) is 2. The Morgan fingerprint density at radius 3 is 2.76 bits per heavy atom. The van der Waals surface area contributed by atoms with Gasteiger partial charge in [0.05, 0.1) is 31.6 Å². The van der Waals surface area contributed by atoms with Crippen LogP contribution in [0.1, 0.15) is 36.6 Å². The Hall–Kier alpha value is -1.17. The maximum Gasteiger partial charge on any atom is 0.129 e. The lowest BCUT2D eigenvalue weighted by Gasteiger charge is -2.47. The Morgan fingerprint density at radius 1 is 1.29 bits per heavy atom. The Labute approximate surface area is 125 Å². The molecule has 1 aromatic rings. The van der Waals surface area contributed by atoms with Gasteiger partial charge in [0.15, 0.2) is 0 Å². The van der Waals surface area contributed by atoms with Gasteiger partial charge < -0.3 is 19.7 Å². The smallest absolute Gasteiger partial charge is 0.129 e. The molecule has 0 bridgehead atoms. The highest BCUT2D eigenvalue weighted by molar-refractivity contribution is 5.46. The number of hydrogen-bond donors (Lipinski definition) is 1. The Bertz CT molecular complexity index is 524. The molecule has 1 saturated heterocycles. The number of anilines is 1. The summed E-state index contributed by atoms with van der Waals surface area (Å²) in [7, 11) is 1.99. The molecule has 2 fully saturated rings. The van der Waals surface area contributed by atoms with Crippen LogP contribution in [0.5, 0.6) is 0 Å². The molecule has 1 saturated carbocycles. The van der Waals surface area contributed by atoms with Gasteiger partial charge in [0.25, 0.3) is 0 Å². The topological polar surface area (TPSA) is 46.6 Å². The van der Waals surface area contributed by atoms with E-state index in [1.165, 1.54) is 17.7 Å². The fourth-order valence-corrected chi connectivity index (χ4v) is 3.59. The average molecular weight is 289 g/mol. The zero-order valence-electron chi connectivity index (χ0n) is 12.6.